The van der Waals surface area contributed by atoms with Crippen molar-refractivity contribution in [2.24, 2.45) is 0 Å². The van der Waals surface area contributed by atoms with Crippen molar-refractivity contribution < 1.29 is 13.9 Å². The summed E-state index contributed by atoms with van der Waals surface area (Å²) < 4.78 is 10.7. The van der Waals surface area contributed by atoms with Crippen LogP contribution in [0.5, 0.6) is 0 Å². The fourth-order valence-corrected chi connectivity index (χ4v) is 3.12. The lowest BCUT2D eigenvalue weighted by molar-refractivity contribution is 0.00695. The second-order valence-corrected chi connectivity index (χ2v) is 7.78. The second kappa shape index (κ2) is 7.85. The zero-order valence-electron chi connectivity index (χ0n) is 15.1. The summed E-state index contributed by atoms with van der Waals surface area (Å²) in [5.74, 6) is 0.490. The van der Waals surface area contributed by atoms with Gasteiger partial charge in [-0.15, -0.1) is 11.3 Å². The number of carbonyl (C=O) groups is 1. The molecule has 0 unspecified atom stereocenters. The van der Waals surface area contributed by atoms with E-state index in [1.54, 1.807) is 29.7 Å². The van der Waals surface area contributed by atoms with Crippen molar-refractivity contribution in [2.45, 2.75) is 39.5 Å². The number of thiazole rings is 1. The zero-order chi connectivity index (χ0) is 18.6. The molecule has 0 atom stereocenters. The predicted molar refractivity (Wildman–Crippen MR) is 102 cm³/mol. The van der Waals surface area contributed by atoms with Crippen LogP contribution in [0.25, 0.3) is 10.8 Å². The van der Waals surface area contributed by atoms with Crippen LogP contribution in [-0.4, -0.2) is 16.6 Å². The molecule has 0 spiro atoms. The average Bonchev–Trinajstić information content (AvgIpc) is 3.25. The summed E-state index contributed by atoms with van der Waals surface area (Å²) in [7, 11) is 0. The van der Waals surface area contributed by atoms with Gasteiger partial charge in [-0.1, -0.05) is 12.1 Å². The SMILES string of the molecule is CC(C)(C)OC(=O)c1ccc(CNCc2csc(-c3ccco3)n2)cc1. The fraction of sp³-hybridized carbons (Fsp3) is 0.300. The lowest BCUT2D eigenvalue weighted by atomic mass is 10.1. The van der Waals surface area contributed by atoms with Gasteiger partial charge in [-0.05, 0) is 50.6 Å². The van der Waals surface area contributed by atoms with Crippen LogP contribution in [0, 0.1) is 0 Å². The van der Waals surface area contributed by atoms with E-state index in [0.29, 0.717) is 18.7 Å². The molecule has 1 aromatic carbocycles. The van der Waals surface area contributed by atoms with E-state index in [4.69, 9.17) is 9.15 Å². The molecule has 0 bridgehead atoms. The Morgan fingerprint density at radius 2 is 1.96 bits per heavy atom. The Labute approximate surface area is 157 Å². The van der Waals surface area contributed by atoms with E-state index in [9.17, 15) is 4.79 Å². The minimum atomic E-state index is -0.487. The molecule has 0 amide bonds. The number of aromatic nitrogens is 1. The van der Waals surface area contributed by atoms with Gasteiger partial charge in [0.05, 0.1) is 17.5 Å². The number of benzene rings is 1. The highest BCUT2D eigenvalue weighted by Crippen LogP contribution is 2.23. The van der Waals surface area contributed by atoms with Crippen LogP contribution in [0.2, 0.25) is 0 Å². The number of nitrogens with zero attached hydrogens (tertiary/aromatic N) is 1. The number of furan rings is 1. The van der Waals surface area contributed by atoms with Crippen molar-refractivity contribution in [3.63, 3.8) is 0 Å². The third kappa shape index (κ3) is 5.03. The van der Waals surface area contributed by atoms with E-state index >= 15 is 0 Å². The Kier molecular flexibility index (Phi) is 5.54. The molecule has 3 rings (SSSR count). The van der Waals surface area contributed by atoms with Gasteiger partial charge in [0, 0.05) is 18.5 Å². The highest BCUT2D eigenvalue weighted by Gasteiger charge is 2.17. The average molecular weight is 370 g/mol. The third-order valence-corrected chi connectivity index (χ3v) is 4.41. The molecule has 0 aliphatic carbocycles. The van der Waals surface area contributed by atoms with Crippen molar-refractivity contribution in [3.8, 4) is 10.8 Å². The first-order valence-corrected chi connectivity index (χ1v) is 9.30. The number of rotatable bonds is 6. The van der Waals surface area contributed by atoms with Crippen LogP contribution in [0.1, 0.15) is 42.4 Å². The van der Waals surface area contributed by atoms with Crippen molar-refractivity contribution in [2.75, 3.05) is 0 Å². The Morgan fingerprint density at radius 3 is 2.62 bits per heavy atom. The zero-order valence-corrected chi connectivity index (χ0v) is 15.9. The monoisotopic (exact) mass is 370 g/mol. The molecule has 2 aromatic heterocycles. The number of nitrogens with one attached hydrogen (secondary N) is 1. The molecular weight excluding hydrogens is 348 g/mol. The minimum absolute atomic E-state index is 0.301. The summed E-state index contributed by atoms with van der Waals surface area (Å²) in [6.45, 7) is 6.95. The molecule has 0 saturated heterocycles. The van der Waals surface area contributed by atoms with E-state index < -0.39 is 5.60 Å². The molecular formula is C20H22N2O3S. The van der Waals surface area contributed by atoms with Crippen LogP contribution < -0.4 is 5.32 Å². The lowest BCUT2D eigenvalue weighted by Crippen LogP contribution is -2.23. The Morgan fingerprint density at radius 1 is 1.19 bits per heavy atom. The van der Waals surface area contributed by atoms with Gasteiger partial charge in [-0.25, -0.2) is 9.78 Å². The van der Waals surface area contributed by atoms with Gasteiger partial charge in [0.25, 0.3) is 0 Å². The van der Waals surface area contributed by atoms with Crippen LogP contribution in [0.15, 0.2) is 52.5 Å². The fourth-order valence-electron chi connectivity index (χ4n) is 2.33. The van der Waals surface area contributed by atoms with E-state index in [0.717, 1.165) is 22.0 Å². The number of hydrogen-bond donors (Lipinski definition) is 1. The van der Waals surface area contributed by atoms with Gasteiger partial charge in [-0.3, -0.25) is 0 Å². The van der Waals surface area contributed by atoms with Gasteiger partial charge in [0.1, 0.15) is 5.60 Å². The van der Waals surface area contributed by atoms with Gasteiger partial charge in [0.15, 0.2) is 10.8 Å². The molecule has 136 valence electrons. The Balaban J connectivity index is 1.50. The smallest absolute Gasteiger partial charge is 0.338 e. The molecule has 0 aliphatic heterocycles. The maximum atomic E-state index is 12.0. The quantitative estimate of drug-likeness (QED) is 0.640. The van der Waals surface area contributed by atoms with E-state index in [1.165, 1.54) is 0 Å². The molecule has 0 saturated carbocycles. The maximum absolute atomic E-state index is 12.0. The molecule has 1 N–H and O–H groups in total. The van der Waals surface area contributed by atoms with Gasteiger partial charge >= 0.3 is 5.97 Å². The first kappa shape index (κ1) is 18.4. The molecule has 0 fully saturated rings. The summed E-state index contributed by atoms with van der Waals surface area (Å²) in [6.07, 6.45) is 1.65. The number of ether oxygens (including phenoxy) is 1. The third-order valence-electron chi connectivity index (χ3n) is 3.51. The molecule has 5 nitrogen and oxygen atoms in total. The first-order valence-electron chi connectivity index (χ1n) is 8.42. The van der Waals surface area contributed by atoms with Crippen molar-refractivity contribution in [3.05, 3.63) is 64.9 Å². The maximum Gasteiger partial charge on any atom is 0.338 e. The van der Waals surface area contributed by atoms with E-state index in [1.807, 2.05) is 50.4 Å². The van der Waals surface area contributed by atoms with E-state index in [-0.39, 0.29) is 5.97 Å². The first-order chi connectivity index (χ1) is 12.4. The second-order valence-electron chi connectivity index (χ2n) is 6.92. The highest BCUT2D eigenvalue weighted by atomic mass is 32.1. The van der Waals surface area contributed by atoms with Gasteiger partial charge in [0.2, 0.25) is 0 Å². The lowest BCUT2D eigenvalue weighted by Gasteiger charge is -2.19. The topological polar surface area (TPSA) is 64.4 Å². The number of hydrogen-bond acceptors (Lipinski definition) is 6. The van der Waals surface area contributed by atoms with Crippen LogP contribution in [-0.2, 0) is 17.8 Å². The summed E-state index contributed by atoms with van der Waals surface area (Å²) in [5.41, 5.74) is 2.15. The normalized spacial score (nSPS) is 11.5. The van der Waals surface area contributed by atoms with Crippen molar-refractivity contribution >= 4 is 17.3 Å². The van der Waals surface area contributed by atoms with E-state index in [2.05, 4.69) is 10.3 Å². The molecule has 26 heavy (non-hydrogen) atoms. The largest absolute Gasteiger partial charge is 0.462 e. The van der Waals surface area contributed by atoms with Crippen LogP contribution in [0.4, 0.5) is 0 Å². The number of esters is 1. The predicted octanol–water partition coefficient (Wildman–Crippen LogP) is 4.65. The Bertz CT molecular complexity index is 846. The van der Waals surface area contributed by atoms with Crippen LogP contribution >= 0.6 is 11.3 Å². The number of carbonyl (C=O) groups excluding carboxylic acids is 1. The van der Waals surface area contributed by atoms with Crippen LogP contribution in [0.3, 0.4) is 0 Å². The molecule has 2 heterocycles. The Hall–Kier alpha value is -2.44. The summed E-state index contributed by atoms with van der Waals surface area (Å²) in [5, 5.41) is 6.27. The molecule has 0 radical (unpaired) electrons. The molecule has 6 heteroatoms. The summed E-state index contributed by atoms with van der Waals surface area (Å²) in [6, 6.07) is 11.2. The minimum Gasteiger partial charge on any atom is -0.462 e. The van der Waals surface area contributed by atoms with Gasteiger partial charge < -0.3 is 14.5 Å². The standard InChI is InChI=1S/C20H22N2O3S/c1-20(2,3)25-19(23)15-8-6-14(7-9-15)11-21-12-16-13-26-18(22-16)17-5-4-10-24-17/h4-10,13,21H,11-12H2,1-3H3. The van der Waals surface area contributed by atoms with Crippen molar-refractivity contribution in [1.29, 1.82) is 0 Å². The van der Waals surface area contributed by atoms with Gasteiger partial charge in [-0.2, -0.15) is 0 Å². The summed E-state index contributed by atoms with van der Waals surface area (Å²) in [4.78, 5) is 16.6. The highest BCUT2D eigenvalue weighted by molar-refractivity contribution is 7.13. The molecule has 3 aromatic rings. The summed E-state index contributed by atoms with van der Waals surface area (Å²) >= 11 is 1.57. The van der Waals surface area contributed by atoms with Crippen molar-refractivity contribution in [1.82, 2.24) is 10.3 Å². The molecule has 0 aliphatic rings.